The largest absolute Gasteiger partial charge is 0.488 e. The Bertz CT molecular complexity index is 240. The molecule has 0 fully saturated rings. The maximum absolute atomic E-state index is 5.13. The van der Waals surface area contributed by atoms with Crippen LogP contribution in [0.4, 0.5) is 0 Å². The van der Waals surface area contributed by atoms with Crippen LogP contribution >= 0.6 is 0 Å². The van der Waals surface area contributed by atoms with Crippen LogP contribution in [-0.2, 0) is 6.61 Å². The van der Waals surface area contributed by atoms with E-state index < -0.39 is 0 Å². The van der Waals surface area contributed by atoms with Crippen molar-refractivity contribution in [1.82, 2.24) is 0 Å². The SMILES string of the molecule is Cc1ccc2c(c1)CO2. The van der Waals surface area contributed by atoms with Crippen molar-refractivity contribution in [2.45, 2.75) is 13.5 Å². The molecule has 2 rings (SSSR count). The fraction of sp³-hybridized carbons (Fsp3) is 0.250. The molecule has 1 aromatic carbocycles. The van der Waals surface area contributed by atoms with E-state index in [9.17, 15) is 0 Å². The Morgan fingerprint density at radius 1 is 1.44 bits per heavy atom. The summed E-state index contributed by atoms with van der Waals surface area (Å²) in [5.74, 6) is 1.06. The van der Waals surface area contributed by atoms with Gasteiger partial charge in [-0.05, 0) is 19.1 Å². The third kappa shape index (κ3) is 0.611. The van der Waals surface area contributed by atoms with E-state index in [0.717, 1.165) is 12.4 Å². The van der Waals surface area contributed by atoms with Gasteiger partial charge in [-0.3, -0.25) is 0 Å². The van der Waals surface area contributed by atoms with Gasteiger partial charge in [-0.1, -0.05) is 11.6 Å². The van der Waals surface area contributed by atoms with E-state index in [1.54, 1.807) is 0 Å². The number of ether oxygens (including phenoxy) is 1. The normalized spacial score (nSPS) is 13.4. The minimum atomic E-state index is 0.803. The predicted octanol–water partition coefficient (Wildman–Crippen LogP) is 1.89. The lowest BCUT2D eigenvalue weighted by Crippen LogP contribution is -2.08. The zero-order valence-electron chi connectivity index (χ0n) is 5.35. The van der Waals surface area contributed by atoms with E-state index in [2.05, 4.69) is 19.1 Å². The molecule has 0 radical (unpaired) electrons. The van der Waals surface area contributed by atoms with Crippen molar-refractivity contribution in [3.8, 4) is 5.75 Å². The maximum atomic E-state index is 5.13. The first-order chi connectivity index (χ1) is 4.36. The van der Waals surface area contributed by atoms with Gasteiger partial charge in [0.05, 0.1) is 0 Å². The van der Waals surface area contributed by atoms with Crippen LogP contribution in [0.2, 0.25) is 0 Å². The highest BCUT2D eigenvalue weighted by molar-refractivity contribution is 5.40. The Morgan fingerprint density at radius 2 is 2.33 bits per heavy atom. The van der Waals surface area contributed by atoms with Gasteiger partial charge in [-0.15, -0.1) is 0 Å². The van der Waals surface area contributed by atoms with Crippen molar-refractivity contribution < 1.29 is 4.74 Å². The van der Waals surface area contributed by atoms with E-state index in [1.807, 2.05) is 6.07 Å². The van der Waals surface area contributed by atoms with E-state index >= 15 is 0 Å². The summed E-state index contributed by atoms with van der Waals surface area (Å²) in [6.07, 6.45) is 0. The molecule has 0 saturated heterocycles. The molecular formula is C8H8O. The molecule has 9 heavy (non-hydrogen) atoms. The van der Waals surface area contributed by atoms with Crippen LogP contribution in [0.5, 0.6) is 5.75 Å². The van der Waals surface area contributed by atoms with Crippen molar-refractivity contribution in [2.75, 3.05) is 0 Å². The average Bonchev–Trinajstić information content (AvgIpc) is 1.78. The van der Waals surface area contributed by atoms with Crippen molar-refractivity contribution >= 4 is 0 Å². The van der Waals surface area contributed by atoms with E-state index in [1.165, 1.54) is 11.1 Å². The van der Waals surface area contributed by atoms with Crippen LogP contribution in [0, 0.1) is 6.92 Å². The first-order valence-corrected chi connectivity index (χ1v) is 3.08. The quantitative estimate of drug-likeness (QED) is 0.508. The van der Waals surface area contributed by atoms with Gasteiger partial charge in [0.2, 0.25) is 0 Å². The minimum absolute atomic E-state index is 0.803. The Balaban J connectivity index is 2.57. The monoisotopic (exact) mass is 120 g/mol. The van der Waals surface area contributed by atoms with Gasteiger partial charge in [-0.25, -0.2) is 0 Å². The topological polar surface area (TPSA) is 9.23 Å². The van der Waals surface area contributed by atoms with Crippen LogP contribution < -0.4 is 4.74 Å². The van der Waals surface area contributed by atoms with Gasteiger partial charge in [0.1, 0.15) is 12.4 Å². The second kappa shape index (κ2) is 1.50. The fourth-order valence-electron chi connectivity index (χ4n) is 1.04. The van der Waals surface area contributed by atoms with E-state index in [4.69, 9.17) is 4.74 Å². The molecule has 0 saturated carbocycles. The summed E-state index contributed by atoms with van der Waals surface area (Å²) in [5.41, 5.74) is 2.66. The molecule has 46 valence electrons. The number of benzene rings is 1. The van der Waals surface area contributed by atoms with Gasteiger partial charge in [0, 0.05) is 5.56 Å². The Hall–Kier alpha value is -0.980. The maximum Gasteiger partial charge on any atom is 0.126 e. The molecule has 1 heterocycles. The third-order valence-electron chi connectivity index (χ3n) is 1.60. The molecule has 0 bridgehead atoms. The molecule has 0 unspecified atom stereocenters. The Kier molecular flexibility index (Phi) is 0.810. The van der Waals surface area contributed by atoms with Gasteiger partial charge in [0.25, 0.3) is 0 Å². The molecule has 0 N–H and O–H groups in total. The second-order valence-corrected chi connectivity index (χ2v) is 2.40. The number of aryl methyl sites for hydroxylation is 1. The predicted molar refractivity (Wildman–Crippen MR) is 35.5 cm³/mol. The van der Waals surface area contributed by atoms with Crippen LogP contribution in [0.25, 0.3) is 0 Å². The molecule has 0 atom stereocenters. The molecule has 1 aromatic rings. The summed E-state index contributed by atoms with van der Waals surface area (Å²) < 4.78 is 5.13. The fourth-order valence-corrected chi connectivity index (χ4v) is 1.04. The molecule has 0 aliphatic carbocycles. The number of fused-ring (bicyclic) bond motifs is 1. The molecule has 1 aliphatic rings. The highest BCUT2D eigenvalue weighted by Gasteiger charge is 2.12. The van der Waals surface area contributed by atoms with Gasteiger partial charge < -0.3 is 4.74 Å². The lowest BCUT2D eigenvalue weighted by molar-refractivity contribution is 0.243. The summed E-state index contributed by atoms with van der Waals surface area (Å²) in [4.78, 5) is 0. The molecule has 0 amide bonds. The molecule has 1 heteroatoms. The van der Waals surface area contributed by atoms with Crippen LogP contribution in [0.15, 0.2) is 18.2 Å². The van der Waals surface area contributed by atoms with Gasteiger partial charge >= 0.3 is 0 Å². The summed E-state index contributed by atoms with van der Waals surface area (Å²) in [6, 6.07) is 6.25. The van der Waals surface area contributed by atoms with Crippen molar-refractivity contribution in [3.05, 3.63) is 29.3 Å². The zero-order valence-corrected chi connectivity index (χ0v) is 5.35. The van der Waals surface area contributed by atoms with Crippen LogP contribution in [-0.4, -0.2) is 0 Å². The Morgan fingerprint density at radius 3 is 2.78 bits per heavy atom. The van der Waals surface area contributed by atoms with Crippen LogP contribution in [0.1, 0.15) is 11.1 Å². The highest BCUT2D eigenvalue weighted by atomic mass is 16.5. The summed E-state index contributed by atoms with van der Waals surface area (Å²) in [5, 5.41) is 0. The first-order valence-electron chi connectivity index (χ1n) is 3.08. The lowest BCUT2D eigenvalue weighted by Gasteiger charge is -2.19. The Labute approximate surface area is 54.3 Å². The molecule has 0 spiro atoms. The van der Waals surface area contributed by atoms with Crippen molar-refractivity contribution in [2.24, 2.45) is 0 Å². The van der Waals surface area contributed by atoms with Gasteiger partial charge in [-0.2, -0.15) is 0 Å². The molecular weight excluding hydrogens is 112 g/mol. The van der Waals surface area contributed by atoms with E-state index in [-0.39, 0.29) is 0 Å². The van der Waals surface area contributed by atoms with Gasteiger partial charge in [0.15, 0.2) is 0 Å². The molecule has 1 aliphatic heterocycles. The van der Waals surface area contributed by atoms with Crippen LogP contribution in [0.3, 0.4) is 0 Å². The number of rotatable bonds is 0. The highest BCUT2D eigenvalue weighted by Crippen LogP contribution is 2.28. The van der Waals surface area contributed by atoms with Crippen molar-refractivity contribution in [1.29, 1.82) is 0 Å². The molecule has 0 aromatic heterocycles. The second-order valence-electron chi connectivity index (χ2n) is 2.40. The number of hydrogen-bond donors (Lipinski definition) is 0. The minimum Gasteiger partial charge on any atom is -0.488 e. The average molecular weight is 120 g/mol. The van der Waals surface area contributed by atoms with Crippen molar-refractivity contribution in [3.63, 3.8) is 0 Å². The summed E-state index contributed by atoms with van der Waals surface area (Å²) in [7, 11) is 0. The molecule has 1 nitrogen and oxygen atoms in total. The smallest absolute Gasteiger partial charge is 0.126 e. The summed E-state index contributed by atoms with van der Waals surface area (Å²) >= 11 is 0. The first kappa shape index (κ1) is 4.86. The zero-order chi connectivity index (χ0) is 6.27. The third-order valence-corrected chi connectivity index (χ3v) is 1.60. The summed E-state index contributed by atoms with van der Waals surface area (Å²) in [6.45, 7) is 2.90. The number of hydrogen-bond acceptors (Lipinski definition) is 1. The lowest BCUT2D eigenvalue weighted by atomic mass is 10.1. The standard InChI is InChI=1S/C8H8O/c1-6-2-3-8-7(4-6)5-9-8/h2-4H,5H2,1H3. The van der Waals surface area contributed by atoms with E-state index in [0.29, 0.717) is 0 Å².